The summed E-state index contributed by atoms with van der Waals surface area (Å²) in [5.74, 6) is -0.373. The molecule has 0 heterocycles. The van der Waals surface area contributed by atoms with Crippen molar-refractivity contribution < 1.29 is 18.0 Å². The van der Waals surface area contributed by atoms with Crippen molar-refractivity contribution in [2.24, 2.45) is 4.99 Å². The van der Waals surface area contributed by atoms with Gasteiger partial charge in [-0.3, -0.25) is 4.79 Å². The molecule has 0 atom stereocenters. The zero-order valence-corrected chi connectivity index (χ0v) is 10.3. The van der Waals surface area contributed by atoms with Gasteiger partial charge in [-0.15, -0.1) is 0 Å². The first-order valence-corrected chi connectivity index (χ1v) is 7.39. The molecule has 1 aromatic rings. The third-order valence-corrected chi connectivity index (χ3v) is 3.70. The van der Waals surface area contributed by atoms with Crippen molar-refractivity contribution in [3.8, 4) is 0 Å². The highest BCUT2D eigenvalue weighted by atomic mass is 79.9. The highest BCUT2D eigenvalue weighted by Crippen LogP contribution is 2.17. The van der Waals surface area contributed by atoms with Crippen LogP contribution in [0.15, 0.2) is 34.2 Å². The number of carbonyl (C=O) groups is 1. The molecule has 0 fully saturated rings. The maximum atomic E-state index is 11.3. The van der Waals surface area contributed by atoms with Crippen molar-refractivity contribution in [1.29, 1.82) is 0 Å². The van der Waals surface area contributed by atoms with Gasteiger partial charge in [-0.1, -0.05) is 12.1 Å². The van der Waals surface area contributed by atoms with Crippen molar-refractivity contribution in [3.63, 3.8) is 0 Å². The van der Waals surface area contributed by atoms with E-state index in [2.05, 4.69) is 19.8 Å². The zero-order chi connectivity index (χ0) is 12.2. The molecule has 84 valence electrons. The third-order valence-electron chi connectivity index (χ3n) is 1.75. The van der Waals surface area contributed by atoms with E-state index in [0.717, 1.165) is 0 Å². The first-order valence-electron chi connectivity index (χ1n) is 4.06. The Labute approximate surface area is 99.3 Å². The quantitative estimate of drug-likeness (QED) is 0.363. The fraction of sp³-hybridized carbons (Fsp3) is 0.111. The van der Waals surface area contributed by atoms with Gasteiger partial charge in [0.15, 0.2) is 5.78 Å². The third kappa shape index (κ3) is 3.37. The summed E-state index contributed by atoms with van der Waals surface area (Å²) in [7, 11) is -3.45. The van der Waals surface area contributed by atoms with E-state index in [4.69, 9.17) is 0 Å². The predicted octanol–water partition coefficient (Wildman–Crippen LogP) is 1.29. The molecule has 0 amide bonds. The maximum Gasteiger partial charge on any atom is 0.237 e. The molecule has 0 saturated carbocycles. The van der Waals surface area contributed by atoms with Crippen LogP contribution >= 0.6 is 14.8 Å². The Bertz CT molecular complexity index is 543. The Morgan fingerprint density at radius 3 is 2.31 bits per heavy atom. The number of nitrogens with zero attached hydrogens (tertiary/aromatic N) is 1. The van der Waals surface area contributed by atoms with Gasteiger partial charge in [0, 0.05) is 5.56 Å². The zero-order valence-electron chi connectivity index (χ0n) is 7.88. The van der Waals surface area contributed by atoms with E-state index >= 15 is 0 Å². The average Bonchev–Trinajstić information content (AvgIpc) is 2.25. The molecular weight excluding hydrogens is 298 g/mol. The summed E-state index contributed by atoms with van der Waals surface area (Å²) >= 11 is 2.51. The lowest BCUT2D eigenvalue weighted by atomic mass is 10.1. The van der Waals surface area contributed by atoms with E-state index in [9.17, 15) is 18.0 Å². The van der Waals surface area contributed by atoms with E-state index in [1.54, 1.807) is 0 Å². The number of Topliss-reactive ketones (excluding diaryl/α,β-unsaturated/α-hetero) is 1. The van der Waals surface area contributed by atoms with Gasteiger partial charge < -0.3 is 0 Å². The molecule has 0 bridgehead atoms. The van der Waals surface area contributed by atoms with E-state index < -0.39 is 8.27 Å². The van der Waals surface area contributed by atoms with Crippen LogP contribution in [0.25, 0.3) is 0 Å². The molecule has 0 aliphatic carbocycles. The molecule has 0 aromatic heterocycles. The highest BCUT2D eigenvalue weighted by molar-refractivity contribution is 9.47. The van der Waals surface area contributed by atoms with E-state index in [1.165, 1.54) is 30.3 Å². The van der Waals surface area contributed by atoms with Gasteiger partial charge in [-0.2, -0.15) is 4.99 Å². The predicted molar refractivity (Wildman–Crippen MR) is 59.9 cm³/mol. The van der Waals surface area contributed by atoms with Crippen LogP contribution < -0.4 is 0 Å². The van der Waals surface area contributed by atoms with E-state index in [1.807, 2.05) is 0 Å². The number of ketones is 1. The summed E-state index contributed by atoms with van der Waals surface area (Å²) in [6.45, 7) is -0.288. The second-order valence-electron chi connectivity index (χ2n) is 2.79. The summed E-state index contributed by atoms with van der Waals surface area (Å²) in [5, 5.41) is 0. The van der Waals surface area contributed by atoms with Crippen LogP contribution in [0.2, 0.25) is 0 Å². The van der Waals surface area contributed by atoms with Crippen molar-refractivity contribution in [2.75, 3.05) is 6.54 Å². The van der Waals surface area contributed by atoms with Gasteiger partial charge in [0.1, 0.15) is 6.54 Å². The number of carbonyl (C=O) groups excluding carboxylic acids is 2. The smallest absolute Gasteiger partial charge is 0.237 e. The molecule has 16 heavy (non-hydrogen) atoms. The lowest BCUT2D eigenvalue weighted by Crippen LogP contribution is -2.03. The molecular formula is C9H6BrNO4S. The van der Waals surface area contributed by atoms with Crippen molar-refractivity contribution in [3.05, 3.63) is 29.8 Å². The van der Waals surface area contributed by atoms with Crippen LogP contribution in [0, 0.1) is 0 Å². The summed E-state index contributed by atoms with van der Waals surface area (Å²) in [6.07, 6.45) is 1.25. The van der Waals surface area contributed by atoms with E-state index in [-0.39, 0.29) is 17.2 Å². The minimum atomic E-state index is -3.45. The Morgan fingerprint density at radius 2 is 1.88 bits per heavy atom. The van der Waals surface area contributed by atoms with Gasteiger partial charge in [0.25, 0.3) is 0 Å². The summed E-state index contributed by atoms with van der Waals surface area (Å²) in [6, 6.07) is 5.30. The molecule has 0 saturated heterocycles. The molecule has 1 aromatic carbocycles. The normalized spacial score (nSPS) is 10.6. The molecule has 5 nitrogen and oxygen atoms in total. The molecule has 0 radical (unpaired) electrons. The highest BCUT2D eigenvalue weighted by Gasteiger charge is 2.10. The van der Waals surface area contributed by atoms with E-state index in [0.29, 0.717) is 5.56 Å². The molecule has 0 N–H and O–H groups in total. The average molecular weight is 304 g/mol. The number of aliphatic imine (C=N–C) groups is 1. The van der Waals surface area contributed by atoms with Gasteiger partial charge >= 0.3 is 0 Å². The van der Waals surface area contributed by atoms with Crippen LogP contribution in [0.5, 0.6) is 0 Å². The van der Waals surface area contributed by atoms with Gasteiger partial charge in [0.05, 0.1) is 19.7 Å². The fourth-order valence-corrected chi connectivity index (χ4v) is 2.11. The Hall–Kier alpha value is -1.30. The number of hydrogen-bond donors (Lipinski definition) is 0. The topological polar surface area (TPSA) is 80.6 Å². The molecule has 0 aliphatic heterocycles. The lowest BCUT2D eigenvalue weighted by molar-refractivity contribution is 0.100. The lowest BCUT2D eigenvalue weighted by Gasteiger charge is -1.99. The summed E-state index contributed by atoms with van der Waals surface area (Å²) in [4.78, 5) is 24.3. The first kappa shape index (κ1) is 12.8. The maximum absolute atomic E-state index is 11.3. The fourth-order valence-electron chi connectivity index (χ4n) is 0.999. The first-order chi connectivity index (χ1) is 7.45. The van der Waals surface area contributed by atoms with Crippen LogP contribution in [0.1, 0.15) is 10.4 Å². The van der Waals surface area contributed by atoms with Gasteiger partial charge in [0.2, 0.25) is 14.4 Å². The number of hydrogen-bond acceptors (Lipinski definition) is 5. The monoisotopic (exact) mass is 303 g/mol. The molecule has 0 spiro atoms. The van der Waals surface area contributed by atoms with Crippen molar-refractivity contribution in [1.82, 2.24) is 0 Å². The van der Waals surface area contributed by atoms with Crippen LogP contribution in [-0.4, -0.2) is 26.8 Å². The summed E-state index contributed by atoms with van der Waals surface area (Å²) < 4.78 is 22.1. The van der Waals surface area contributed by atoms with Crippen LogP contribution in [0.4, 0.5) is 0 Å². The minimum Gasteiger partial charge on any atom is -0.292 e. The number of rotatable bonds is 4. The SMILES string of the molecule is O=C=NCC(=O)c1ccc(S(=O)(=O)Br)cc1. The van der Waals surface area contributed by atoms with Gasteiger partial charge in [-0.05, 0) is 12.1 Å². The number of halogens is 1. The van der Waals surface area contributed by atoms with Gasteiger partial charge in [-0.25, -0.2) is 13.2 Å². The number of benzene rings is 1. The van der Waals surface area contributed by atoms with Crippen molar-refractivity contribution >= 4 is 34.9 Å². The molecule has 7 heteroatoms. The largest absolute Gasteiger partial charge is 0.292 e. The second kappa shape index (κ2) is 5.16. The number of isocyanates is 1. The minimum absolute atomic E-state index is 0.0583. The second-order valence-corrected chi connectivity index (χ2v) is 6.70. The Kier molecular flexibility index (Phi) is 4.12. The summed E-state index contributed by atoms with van der Waals surface area (Å²) in [5.41, 5.74) is 0.291. The Balaban J connectivity index is 2.95. The molecule has 0 unspecified atom stereocenters. The molecule has 1 rings (SSSR count). The van der Waals surface area contributed by atoms with Crippen LogP contribution in [0.3, 0.4) is 0 Å². The molecule has 0 aliphatic rings. The Morgan fingerprint density at radius 1 is 1.31 bits per heavy atom. The van der Waals surface area contributed by atoms with Crippen LogP contribution in [-0.2, 0) is 13.1 Å². The van der Waals surface area contributed by atoms with Crippen molar-refractivity contribution in [2.45, 2.75) is 4.90 Å². The standard InChI is InChI=1S/C9H6BrNO4S/c10-16(14,15)8-3-1-7(2-4-8)9(13)5-11-6-12/h1-4H,5H2.